The van der Waals surface area contributed by atoms with Crippen LogP contribution in [0.1, 0.15) is 89.5 Å². The van der Waals surface area contributed by atoms with Gasteiger partial charge in [-0.1, -0.05) is 51.9 Å². The molecule has 2 aromatic carbocycles. The summed E-state index contributed by atoms with van der Waals surface area (Å²) in [5.74, 6) is 2.06. The second kappa shape index (κ2) is 13.5. The molecule has 2 aliphatic carbocycles. The Hall–Kier alpha value is -2.24. The van der Waals surface area contributed by atoms with Gasteiger partial charge in [0.2, 0.25) is 0 Å². The van der Waals surface area contributed by atoms with Gasteiger partial charge in [-0.3, -0.25) is 0 Å². The Balaban J connectivity index is 1.26. The maximum atomic E-state index is 15.1. The lowest BCUT2D eigenvalue weighted by molar-refractivity contribution is -0.0498. The van der Waals surface area contributed by atoms with Crippen molar-refractivity contribution in [1.29, 1.82) is 0 Å². The third-order valence-electron chi connectivity index (χ3n) is 8.65. The molecule has 0 N–H and O–H groups in total. The molecule has 2 saturated carbocycles. The second-order valence-electron chi connectivity index (χ2n) is 11.0. The van der Waals surface area contributed by atoms with Crippen LogP contribution in [-0.2, 0) is 6.42 Å². The van der Waals surface area contributed by atoms with Gasteiger partial charge < -0.3 is 9.47 Å². The quantitative estimate of drug-likeness (QED) is 0.274. The van der Waals surface area contributed by atoms with E-state index in [-0.39, 0.29) is 22.8 Å². The van der Waals surface area contributed by atoms with Crippen LogP contribution in [0.25, 0.3) is 0 Å². The van der Waals surface area contributed by atoms with Gasteiger partial charge in [-0.15, -0.1) is 0 Å². The smallest absolute Gasteiger partial charge is 0.387 e. The number of benzene rings is 2. The Kier molecular flexibility index (Phi) is 10.2. The Labute approximate surface area is 218 Å². The number of halogens is 4. The number of unbranched alkanes of at least 4 members (excludes halogenated alkanes) is 1. The molecule has 2 aromatic rings. The zero-order valence-corrected chi connectivity index (χ0v) is 21.9. The predicted octanol–water partition coefficient (Wildman–Crippen LogP) is 10.1. The van der Waals surface area contributed by atoms with Crippen molar-refractivity contribution in [2.45, 2.75) is 97.0 Å². The fraction of sp³-hybridized carbons (Fsp3) is 0.613. The van der Waals surface area contributed by atoms with E-state index in [1.165, 1.54) is 94.2 Å². The average Bonchev–Trinajstić information content (AvgIpc) is 2.90. The molecule has 2 aliphatic rings. The third-order valence-corrected chi connectivity index (χ3v) is 8.65. The van der Waals surface area contributed by atoms with Crippen molar-refractivity contribution < 1.29 is 27.0 Å². The van der Waals surface area contributed by atoms with Crippen LogP contribution < -0.4 is 9.47 Å². The minimum absolute atomic E-state index is 0.0167. The van der Waals surface area contributed by atoms with Gasteiger partial charge in [-0.25, -0.2) is 8.78 Å². The first-order valence-corrected chi connectivity index (χ1v) is 14.1. The number of rotatable bonds is 11. The Bertz CT molecular complexity index is 962. The largest absolute Gasteiger partial charge is 0.454 e. The van der Waals surface area contributed by atoms with E-state index in [0.29, 0.717) is 12.3 Å². The van der Waals surface area contributed by atoms with Gasteiger partial charge in [0.25, 0.3) is 0 Å². The third kappa shape index (κ3) is 7.87. The van der Waals surface area contributed by atoms with Gasteiger partial charge in [0.1, 0.15) is 17.3 Å². The molecule has 4 rings (SSSR count). The summed E-state index contributed by atoms with van der Waals surface area (Å²) in [6.45, 7) is -0.648. The first-order chi connectivity index (χ1) is 17.9. The monoisotopic (exact) mass is 520 g/mol. The van der Waals surface area contributed by atoms with Crippen molar-refractivity contribution >= 4 is 0 Å². The second-order valence-corrected chi connectivity index (χ2v) is 11.0. The van der Waals surface area contributed by atoms with Crippen molar-refractivity contribution in [3.05, 3.63) is 53.6 Å². The van der Waals surface area contributed by atoms with Crippen molar-refractivity contribution in [3.63, 3.8) is 0 Å². The Morgan fingerprint density at radius 2 is 1.32 bits per heavy atom. The Morgan fingerprint density at radius 3 is 1.89 bits per heavy atom. The van der Waals surface area contributed by atoms with Crippen LogP contribution in [0.3, 0.4) is 0 Å². The number of hydrogen-bond donors (Lipinski definition) is 0. The lowest BCUT2D eigenvalue weighted by Gasteiger charge is -2.38. The molecule has 0 bridgehead atoms. The minimum Gasteiger partial charge on any atom is -0.454 e. The fourth-order valence-electron chi connectivity index (χ4n) is 6.44. The highest BCUT2D eigenvalue weighted by atomic mass is 19.3. The van der Waals surface area contributed by atoms with E-state index in [9.17, 15) is 13.2 Å². The highest BCUT2D eigenvalue weighted by Crippen LogP contribution is 2.43. The molecule has 0 atom stereocenters. The van der Waals surface area contributed by atoms with Crippen molar-refractivity contribution in [1.82, 2.24) is 0 Å². The summed E-state index contributed by atoms with van der Waals surface area (Å²) >= 11 is 0. The molecule has 37 heavy (non-hydrogen) atoms. The lowest BCUT2D eigenvalue weighted by Crippen LogP contribution is -2.26. The number of alkyl halides is 2. The zero-order valence-electron chi connectivity index (χ0n) is 21.9. The summed E-state index contributed by atoms with van der Waals surface area (Å²) in [5.41, 5.74) is 0.0580. The van der Waals surface area contributed by atoms with Gasteiger partial charge in [-0.2, -0.15) is 8.78 Å². The SMILES string of the molecule is CCCCC1CCC(C2CCC(CCc3c(F)ccc(Oc4ccc(OC(F)F)cc4)c3F)CC2)CC1. The highest BCUT2D eigenvalue weighted by molar-refractivity contribution is 5.38. The minimum atomic E-state index is -2.92. The molecule has 204 valence electrons. The molecule has 2 fully saturated rings. The average molecular weight is 521 g/mol. The van der Waals surface area contributed by atoms with Gasteiger partial charge in [0.15, 0.2) is 11.6 Å². The molecule has 0 aliphatic heterocycles. The van der Waals surface area contributed by atoms with Crippen molar-refractivity contribution in [2.24, 2.45) is 23.7 Å². The normalized spacial score (nSPS) is 24.3. The molecule has 0 heterocycles. The summed E-state index contributed by atoms with van der Waals surface area (Å²) in [4.78, 5) is 0. The summed E-state index contributed by atoms with van der Waals surface area (Å²) in [7, 11) is 0. The molecule has 0 saturated heterocycles. The van der Waals surface area contributed by atoms with Crippen LogP contribution in [0.2, 0.25) is 0 Å². The van der Waals surface area contributed by atoms with Gasteiger partial charge >= 0.3 is 6.61 Å². The highest BCUT2D eigenvalue weighted by Gasteiger charge is 2.31. The lowest BCUT2D eigenvalue weighted by atomic mass is 9.68. The predicted molar refractivity (Wildman–Crippen MR) is 138 cm³/mol. The number of hydrogen-bond acceptors (Lipinski definition) is 2. The Morgan fingerprint density at radius 1 is 0.757 bits per heavy atom. The van der Waals surface area contributed by atoms with Gasteiger partial charge in [0, 0.05) is 5.56 Å². The van der Waals surface area contributed by atoms with Crippen LogP contribution in [0.4, 0.5) is 17.6 Å². The van der Waals surface area contributed by atoms with Crippen LogP contribution >= 0.6 is 0 Å². The molecule has 0 radical (unpaired) electrons. The summed E-state index contributed by atoms with van der Waals surface area (Å²) < 4.78 is 64.2. The summed E-state index contributed by atoms with van der Waals surface area (Å²) in [6.07, 6.45) is 15.5. The molecule has 0 aromatic heterocycles. The molecule has 0 unspecified atom stereocenters. The van der Waals surface area contributed by atoms with E-state index in [2.05, 4.69) is 11.7 Å². The standard InChI is InChI=1S/C31H40F4O2/c1-2-3-4-21-5-10-23(11-6-21)24-12-7-22(8-13-24)9-18-27-28(32)19-20-29(30(27)33)36-25-14-16-26(17-15-25)37-31(34)35/h14-17,19-24,31H,2-13,18H2,1H3. The molecular formula is C31H40F4O2. The van der Waals surface area contributed by atoms with E-state index in [1.807, 2.05) is 0 Å². The van der Waals surface area contributed by atoms with E-state index in [4.69, 9.17) is 4.74 Å². The maximum absolute atomic E-state index is 15.1. The fourth-order valence-corrected chi connectivity index (χ4v) is 6.44. The van der Waals surface area contributed by atoms with Crippen LogP contribution in [0.5, 0.6) is 17.2 Å². The zero-order chi connectivity index (χ0) is 26.2. The first kappa shape index (κ1) is 27.8. The summed E-state index contributed by atoms with van der Waals surface area (Å²) in [5, 5.41) is 0. The molecule has 6 heteroatoms. The van der Waals surface area contributed by atoms with Gasteiger partial charge in [0.05, 0.1) is 0 Å². The maximum Gasteiger partial charge on any atom is 0.387 e. The van der Waals surface area contributed by atoms with Crippen LogP contribution in [0.15, 0.2) is 36.4 Å². The van der Waals surface area contributed by atoms with Crippen LogP contribution in [0, 0.1) is 35.3 Å². The molecule has 0 spiro atoms. The topological polar surface area (TPSA) is 18.5 Å². The van der Waals surface area contributed by atoms with E-state index < -0.39 is 18.2 Å². The van der Waals surface area contributed by atoms with E-state index in [0.717, 1.165) is 37.0 Å². The summed E-state index contributed by atoms with van der Waals surface area (Å²) in [6, 6.07) is 7.96. The molecular weight excluding hydrogens is 480 g/mol. The van der Waals surface area contributed by atoms with Crippen molar-refractivity contribution in [2.75, 3.05) is 0 Å². The first-order valence-electron chi connectivity index (χ1n) is 14.1. The van der Waals surface area contributed by atoms with E-state index >= 15 is 4.39 Å². The van der Waals surface area contributed by atoms with Crippen molar-refractivity contribution in [3.8, 4) is 17.2 Å². The molecule has 0 amide bonds. The van der Waals surface area contributed by atoms with E-state index in [1.54, 1.807) is 0 Å². The number of ether oxygens (including phenoxy) is 2. The van der Waals surface area contributed by atoms with Crippen LogP contribution in [-0.4, -0.2) is 6.61 Å². The van der Waals surface area contributed by atoms with Gasteiger partial charge in [-0.05, 0) is 98.6 Å². The molecule has 2 nitrogen and oxygen atoms in total.